The molecule has 7 nitrogen and oxygen atoms in total. The zero-order valence-corrected chi connectivity index (χ0v) is 22.7. The van der Waals surface area contributed by atoms with Crippen molar-refractivity contribution < 1.29 is 68.4 Å². The van der Waals surface area contributed by atoms with Crippen LogP contribution < -0.4 is 0 Å². The Bertz CT molecular complexity index is 1640. The summed E-state index contributed by atoms with van der Waals surface area (Å²) < 4.78 is 195. The van der Waals surface area contributed by atoms with E-state index >= 15 is 0 Å². The zero-order valence-electron chi connectivity index (χ0n) is 19.4. The number of hydrogen-bond donors (Lipinski definition) is 0. The molecule has 41 heavy (non-hydrogen) atoms. The van der Waals surface area contributed by atoms with Crippen LogP contribution in [0.5, 0.6) is 0 Å². The van der Waals surface area contributed by atoms with E-state index in [4.69, 9.17) is 3.63 Å². The Morgan fingerprint density at radius 2 is 0.707 bits per heavy atom. The van der Waals surface area contributed by atoms with Gasteiger partial charge in [0.2, 0.25) is 0 Å². The predicted octanol–water partition coefficient (Wildman–Crippen LogP) is 6.34. The van der Waals surface area contributed by atoms with E-state index in [0.29, 0.717) is 48.5 Å². The van der Waals surface area contributed by atoms with Crippen molar-refractivity contribution in [2.24, 2.45) is 0 Å². The third kappa shape index (κ3) is 5.92. The lowest BCUT2D eigenvalue weighted by atomic mass is 10.3. The molecular formula is C21H13F9O7S4. The van der Waals surface area contributed by atoms with E-state index in [1.165, 1.54) is 18.2 Å². The van der Waals surface area contributed by atoms with Gasteiger partial charge in [0.1, 0.15) is 0 Å². The first-order chi connectivity index (χ1) is 18.5. The molecule has 0 aliphatic carbocycles. The van der Waals surface area contributed by atoms with Crippen LogP contribution in [0.4, 0.5) is 39.5 Å². The highest BCUT2D eigenvalue weighted by Gasteiger charge is 2.53. The van der Waals surface area contributed by atoms with Crippen molar-refractivity contribution >= 4 is 40.1 Å². The minimum Gasteiger partial charge on any atom is -0.214 e. The molecule has 0 aliphatic heterocycles. The van der Waals surface area contributed by atoms with E-state index in [0.717, 1.165) is 12.1 Å². The smallest absolute Gasteiger partial charge is 0.214 e. The molecule has 3 aromatic carbocycles. The minimum atomic E-state index is -6.58. The quantitative estimate of drug-likeness (QED) is 0.212. The molecule has 0 amide bonds. The van der Waals surface area contributed by atoms with Crippen LogP contribution in [0, 0.1) is 0 Å². The van der Waals surface area contributed by atoms with Crippen molar-refractivity contribution in [2.75, 3.05) is 0 Å². The van der Waals surface area contributed by atoms with Crippen molar-refractivity contribution in [3.05, 3.63) is 78.9 Å². The summed E-state index contributed by atoms with van der Waals surface area (Å²) in [5.41, 5.74) is -17.7. The highest BCUT2D eigenvalue weighted by Crippen LogP contribution is 2.70. The predicted molar refractivity (Wildman–Crippen MR) is 124 cm³/mol. The van der Waals surface area contributed by atoms with Crippen LogP contribution in [0.2, 0.25) is 0 Å². The maximum absolute atomic E-state index is 13.5. The average Bonchev–Trinajstić information content (AvgIpc) is 2.86. The van der Waals surface area contributed by atoms with Gasteiger partial charge in [0.25, 0.3) is 19.7 Å². The standard InChI is InChI=1S/C21H13F9O7S4/c22-19(23,24)39(31,32)17-10-6-15(7-11-17)38(14-4-2-1-3-5-14,37-41(35,36)21(28,29)30)16-8-12-18(13-9-16)40(33,34)20(25,26)27/h1-13H. The summed E-state index contributed by atoms with van der Waals surface area (Å²) in [5.74, 6) is 0. The van der Waals surface area contributed by atoms with Crippen LogP contribution in [-0.4, -0.2) is 41.8 Å². The molecular weight excluding hydrogens is 663 g/mol. The Labute approximate surface area is 228 Å². The second-order valence-electron chi connectivity index (χ2n) is 7.68. The van der Waals surface area contributed by atoms with Gasteiger partial charge in [0, 0.05) is 14.7 Å². The first-order valence-electron chi connectivity index (χ1n) is 10.2. The summed E-state index contributed by atoms with van der Waals surface area (Å²) in [6.45, 7) is 0. The Morgan fingerprint density at radius 1 is 0.415 bits per heavy atom. The third-order valence-electron chi connectivity index (χ3n) is 5.09. The van der Waals surface area contributed by atoms with E-state index in [1.54, 1.807) is 0 Å². The van der Waals surface area contributed by atoms with Gasteiger partial charge in [-0.15, -0.1) is 0 Å². The van der Waals surface area contributed by atoms with Crippen LogP contribution in [0.3, 0.4) is 0 Å². The third-order valence-corrected chi connectivity index (χ3v) is 13.0. The van der Waals surface area contributed by atoms with Crippen molar-refractivity contribution in [1.29, 1.82) is 0 Å². The molecule has 0 bridgehead atoms. The summed E-state index contributed by atoms with van der Waals surface area (Å²) in [7, 11) is -22.8. The molecule has 0 radical (unpaired) electrons. The van der Waals surface area contributed by atoms with Crippen LogP contribution in [0.25, 0.3) is 0 Å². The van der Waals surface area contributed by atoms with E-state index in [9.17, 15) is 64.8 Å². The van der Waals surface area contributed by atoms with Gasteiger partial charge in [0.15, 0.2) is 0 Å². The van der Waals surface area contributed by atoms with E-state index < -0.39 is 81.1 Å². The Kier molecular flexibility index (Phi) is 8.35. The molecule has 0 heterocycles. The van der Waals surface area contributed by atoms with Gasteiger partial charge in [-0.1, -0.05) is 18.2 Å². The fraction of sp³-hybridized carbons (Fsp3) is 0.143. The molecule has 0 atom stereocenters. The second kappa shape index (κ2) is 10.5. The maximum atomic E-state index is 13.5. The number of hydrogen-bond acceptors (Lipinski definition) is 7. The Hall–Kier alpha value is -2.81. The van der Waals surface area contributed by atoms with Crippen LogP contribution in [0.15, 0.2) is 103 Å². The fourth-order valence-electron chi connectivity index (χ4n) is 3.20. The summed E-state index contributed by atoms with van der Waals surface area (Å²) in [6.07, 6.45) is 0. The zero-order chi connectivity index (χ0) is 31.3. The van der Waals surface area contributed by atoms with Gasteiger partial charge < -0.3 is 0 Å². The molecule has 3 aromatic rings. The largest absolute Gasteiger partial charge is 0.524 e. The molecule has 0 N–H and O–H groups in total. The van der Waals surface area contributed by atoms with Crippen molar-refractivity contribution in [2.45, 2.75) is 41.0 Å². The lowest BCUT2D eigenvalue weighted by molar-refractivity contribution is -0.0497. The van der Waals surface area contributed by atoms with Crippen LogP contribution in [-0.2, 0) is 33.4 Å². The molecule has 0 spiro atoms. The molecule has 226 valence electrons. The number of halogens is 9. The fourth-order valence-corrected chi connectivity index (χ4v) is 9.44. The van der Waals surface area contributed by atoms with Gasteiger partial charge in [-0.05, 0) is 71.0 Å². The summed E-state index contributed by atoms with van der Waals surface area (Å²) in [6, 6.07) is 9.15. The minimum absolute atomic E-state index is 0.314. The SMILES string of the molecule is O=S(=O)(OS(c1ccccc1)(c1ccc(S(=O)(=O)C(F)(F)F)cc1)c1ccc(S(=O)(=O)C(F)(F)F)cc1)C(F)(F)F. The first-order valence-corrected chi connectivity index (χ1v) is 16.2. The molecule has 0 aromatic heterocycles. The number of alkyl halides is 9. The second-order valence-corrected chi connectivity index (χ2v) is 16.0. The van der Waals surface area contributed by atoms with Crippen LogP contribution >= 0.6 is 10.3 Å². The lowest BCUT2D eigenvalue weighted by Crippen LogP contribution is -2.27. The van der Waals surface area contributed by atoms with E-state index in [1.807, 2.05) is 0 Å². The first kappa shape index (κ1) is 32.7. The molecule has 0 fully saturated rings. The molecule has 0 unspecified atom stereocenters. The molecule has 0 saturated carbocycles. The van der Waals surface area contributed by atoms with Crippen molar-refractivity contribution in [1.82, 2.24) is 0 Å². The molecule has 0 saturated heterocycles. The van der Waals surface area contributed by atoms with Gasteiger partial charge in [-0.25, -0.2) is 16.8 Å². The lowest BCUT2D eigenvalue weighted by Gasteiger charge is -2.39. The number of rotatable bonds is 7. The topological polar surface area (TPSA) is 112 Å². The van der Waals surface area contributed by atoms with Gasteiger partial charge in [-0.2, -0.15) is 51.6 Å². The van der Waals surface area contributed by atoms with Gasteiger partial charge in [0.05, 0.1) is 9.79 Å². The summed E-state index contributed by atoms with van der Waals surface area (Å²) in [5, 5.41) is 0. The van der Waals surface area contributed by atoms with E-state index in [2.05, 4.69) is 0 Å². The van der Waals surface area contributed by atoms with Crippen LogP contribution in [0.1, 0.15) is 0 Å². The maximum Gasteiger partial charge on any atom is 0.524 e. The van der Waals surface area contributed by atoms with Gasteiger partial charge in [-0.3, -0.25) is 0 Å². The van der Waals surface area contributed by atoms with E-state index in [-0.39, 0.29) is 0 Å². The number of sulfone groups is 2. The highest BCUT2D eigenvalue weighted by atomic mass is 32.3. The average molecular weight is 677 g/mol. The molecule has 0 aliphatic rings. The molecule has 3 rings (SSSR count). The van der Waals surface area contributed by atoms with Gasteiger partial charge >= 0.3 is 26.6 Å². The highest BCUT2D eigenvalue weighted by molar-refractivity contribution is 8.33. The van der Waals surface area contributed by atoms with Crippen molar-refractivity contribution in [3.63, 3.8) is 0 Å². The monoisotopic (exact) mass is 676 g/mol. The summed E-state index contributed by atoms with van der Waals surface area (Å²) in [4.78, 5) is -4.44. The Balaban J connectivity index is 2.42. The Morgan fingerprint density at radius 3 is 1.00 bits per heavy atom. The normalized spacial score (nSPS) is 14.6. The number of benzene rings is 3. The van der Waals surface area contributed by atoms with Crippen molar-refractivity contribution in [3.8, 4) is 0 Å². The summed E-state index contributed by atoms with van der Waals surface area (Å²) >= 11 is 0. The molecule has 20 heteroatoms.